The number of nitrogens with zero attached hydrogens (tertiary/aromatic N) is 3. The summed E-state index contributed by atoms with van der Waals surface area (Å²) in [5, 5.41) is 3.21. The highest BCUT2D eigenvalue weighted by Crippen LogP contribution is 2.22. The molecule has 1 saturated heterocycles. The zero-order valence-electron chi connectivity index (χ0n) is 17.1. The Labute approximate surface area is 191 Å². The number of ether oxygens (including phenoxy) is 1. The first-order chi connectivity index (χ1) is 13.9. The van der Waals surface area contributed by atoms with Crippen molar-refractivity contribution in [1.82, 2.24) is 10.2 Å². The van der Waals surface area contributed by atoms with Crippen LogP contribution in [0.4, 0.5) is 14.5 Å². The molecule has 0 spiro atoms. The molecule has 0 radical (unpaired) electrons. The Bertz CT molecular complexity index is 911. The van der Waals surface area contributed by atoms with E-state index in [1.54, 1.807) is 20.0 Å². The normalized spacial score (nSPS) is 14.4. The number of halogens is 3. The third-order valence-corrected chi connectivity index (χ3v) is 4.83. The number of aryl methyl sites for hydroxylation is 1. The van der Waals surface area contributed by atoms with Gasteiger partial charge in [0, 0.05) is 39.3 Å². The van der Waals surface area contributed by atoms with Crippen LogP contribution in [0.1, 0.15) is 21.9 Å². The molecule has 0 unspecified atom stereocenters. The maximum Gasteiger partial charge on any atom is 0.341 e. The Morgan fingerprint density at radius 3 is 2.57 bits per heavy atom. The summed E-state index contributed by atoms with van der Waals surface area (Å²) in [5.74, 6) is 0.415. The predicted octanol–water partition coefficient (Wildman–Crippen LogP) is 3.17. The monoisotopic (exact) mass is 534 g/mol. The lowest BCUT2D eigenvalue weighted by Crippen LogP contribution is -2.52. The number of hydrogen-bond acceptors (Lipinski definition) is 5. The number of benzene rings is 1. The molecule has 1 aromatic carbocycles. The second kappa shape index (κ2) is 10.6. The van der Waals surface area contributed by atoms with Crippen LogP contribution in [0.15, 0.2) is 33.7 Å². The van der Waals surface area contributed by atoms with Crippen LogP contribution in [0.25, 0.3) is 0 Å². The van der Waals surface area contributed by atoms with Gasteiger partial charge in [-0.25, -0.2) is 13.6 Å². The Hall–Kier alpha value is -2.37. The molecular weight excluding hydrogens is 509 g/mol. The molecule has 7 nitrogen and oxygen atoms in total. The topological polar surface area (TPSA) is 70.3 Å². The molecule has 10 heteroatoms. The van der Waals surface area contributed by atoms with Crippen LogP contribution in [-0.4, -0.2) is 57.2 Å². The van der Waals surface area contributed by atoms with Crippen molar-refractivity contribution in [2.24, 2.45) is 4.99 Å². The molecule has 1 fully saturated rings. The summed E-state index contributed by atoms with van der Waals surface area (Å²) in [5.41, 5.74) is 0.666. The summed E-state index contributed by atoms with van der Waals surface area (Å²) in [6.45, 7) is 4.32. The largest absolute Gasteiger partial charge is 0.465 e. The van der Waals surface area contributed by atoms with Crippen molar-refractivity contribution in [3.8, 4) is 0 Å². The molecule has 1 aliphatic rings. The molecule has 0 amide bonds. The fourth-order valence-electron chi connectivity index (χ4n) is 3.33. The fraction of sp³-hybridized carbons (Fsp3) is 0.400. The van der Waals surface area contributed by atoms with E-state index in [1.165, 1.54) is 13.2 Å². The Kier molecular flexibility index (Phi) is 8.44. The van der Waals surface area contributed by atoms with Crippen LogP contribution in [0.3, 0.4) is 0 Å². The number of esters is 1. The summed E-state index contributed by atoms with van der Waals surface area (Å²) < 4.78 is 37.8. The van der Waals surface area contributed by atoms with Crippen molar-refractivity contribution in [3.63, 3.8) is 0 Å². The van der Waals surface area contributed by atoms with Crippen molar-refractivity contribution < 1.29 is 22.7 Å². The van der Waals surface area contributed by atoms with Crippen LogP contribution in [-0.2, 0) is 11.3 Å². The van der Waals surface area contributed by atoms with Crippen molar-refractivity contribution in [1.29, 1.82) is 0 Å². The third-order valence-electron chi connectivity index (χ3n) is 4.83. The van der Waals surface area contributed by atoms with Gasteiger partial charge in [-0.05, 0) is 25.1 Å². The van der Waals surface area contributed by atoms with Crippen LogP contribution < -0.4 is 10.2 Å². The molecule has 1 aromatic heterocycles. The number of methoxy groups -OCH3 is 1. The molecule has 1 aliphatic heterocycles. The molecule has 0 atom stereocenters. The van der Waals surface area contributed by atoms with E-state index in [-0.39, 0.29) is 29.7 Å². The van der Waals surface area contributed by atoms with Crippen molar-refractivity contribution in [3.05, 3.63) is 53.0 Å². The maximum absolute atomic E-state index is 14.0. The van der Waals surface area contributed by atoms with Crippen LogP contribution in [0.5, 0.6) is 0 Å². The zero-order valence-corrected chi connectivity index (χ0v) is 19.4. The highest BCUT2D eigenvalue weighted by molar-refractivity contribution is 14.0. The van der Waals surface area contributed by atoms with Gasteiger partial charge in [-0.15, -0.1) is 24.0 Å². The minimum Gasteiger partial charge on any atom is -0.465 e. The van der Waals surface area contributed by atoms with E-state index >= 15 is 0 Å². The van der Waals surface area contributed by atoms with Gasteiger partial charge in [0.05, 0.1) is 19.3 Å². The van der Waals surface area contributed by atoms with Crippen molar-refractivity contribution in [2.45, 2.75) is 13.5 Å². The number of anilines is 1. The number of carbonyl (C=O) groups is 1. The van der Waals surface area contributed by atoms with Gasteiger partial charge >= 0.3 is 5.97 Å². The smallest absolute Gasteiger partial charge is 0.341 e. The van der Waals surface area contributed by atoms with E-state index in [0.29, 0.717) is 55.8 Å². The number of nitrogens with one attached hydrogen (secondary N) is 1. The molecule has 1 N–H and O–H groups in total. The van der Waals surface area contributed by atoms with Gasteiger partial charge in [0.15, 0.2) is 5.96 Å². The van der Waals surface area contributed by atoms with Crippen LogP contribution >= 0.6 is 24.0 Å². The number of hydrogen-bond donors (Lipinski definition) is 1. The summed E-state index contributed by atoms with van der Waals surface area (Å²) in [6.07, 6.45) is 0. The first-order valence-electron chi connectivity index (χ1n) is 9.26. The number of furan rings is 1. The fourth-order valence-corrected chi connectivity index (χ4v) is 3.33. The van der Waals surface area contributed by atoms with Gasteiger partial charge in [0.25, 0.3) is 0 Å². The average molecular weight is 534 g/mol. The Balaban J connectivity index is 0.00000320. The van der Waals surface area contributed by atoms with Gasteiger partial charge in [0.2, 0.25) is 0 Å². The van der Waals surface area contributed by atoms with Gasteiger partial charge in [-0.1, -0.05) is 0 Å². The summed E-state index contributed by atoms with van der Waals surface area (Å²) in [6, 6.07) is 5.12. The van der Waals surface area contributed by atoms with E-state index < -0.39 is 17.6 Å². The standard InChI is InChI=1S/C20H24F2N4O3.HI/c1-13-16(19(27)28-3)11-15(29-13)12-24-20(23-2)26-8-6-25(7-9-26)18-10-14(21)4-5-17(18)22;/h4-5,10-11H,6-9,12H2,1-3H3,(H,23,24);1H. The lowest BCUT2D eigenvalue weighted by Gasteiger charge is -2.37. The third kappa shape index (κ3) is 5.41. The van der Waals surface area contributed by atoms with E-state index in [9.17, 15) is 13.6 Å². The average Bonchev–Trinajstić information content (AvgIpc) is 3.10. The molecule has 0 saturated carbocycles. The van der Waals surface area contributed by atoms with E-state index in [0.717, 1.165) is 12.1 Å². The lowest BCUT2D eigenvalue weighted by atomic mass is 10.2. The number of carbonyl (C=O) groups excluding carboxylic acids is 1. The van der Waals surface area contributed by atoms with Crippen LogP contribution in [0.2, 0.25) is 0 Å². The number of aliphatic imine (C=N–C) groups is 1. The van der Waals surface area contributed by atoms with Gasteiger partial charge in [0.1, 0.15) is 28.7 Å². The molecule has 0 bridgehead atoms. The van der Waals surface area contributed by atoms with Crippen molar-refractivity contribution >= 4 is 41.6 Å². The molecule has 2 aromatic rings. The number of guanidine groups is 1. The summed E-state index contributed by atoms with van der Waals surface area (Å²) >= 11 is 0. The minimum absolute atomic E-state index is 0. The minimum atomic E-state index is -0.457. The second-order valence-electron chi connectivity index (χ2n) is 6.64. The molecule has 164 valence electrons. The number of rotatable bonds is 4. The quantitative estimate of drug-likeness (QED) is 0.282. The summed E-state index contributed by atoms with van der Waals surface area (Å²) in [4.78, 5) is 19.8. The predicted molar refractivity (Wildman–Crippen MR) is 121 cm³/mol. The molecular formula is C20H25F2IN4O3. The van der Waals surface area contributed by atoms with E-state index in [2.05, 4.69) is 10.3 Å². The maximum atomic E-state index is 14.0. The highest BCUT2D eigenvalue weighted by atomic mass is 127. The molecule has 0 aliphatic carbocycles. The first-order valence-corrected chi connectivity index (χ1v) is 9.26. The second-order valence-corrected chi connectivity index (χ2v) is 6.64. The highest BCUT2D eigenvalue weighted by Gasteiger charge is 2.22. The van der Waals surface area contributed by atoms with Gasteiger partial charge < -0.3 is 24.3 Å². The van der Waals surface area contributed by atoms with Gasteiger partial charge in [-0.2, -0.15) is 0 Å². The zero-order chi connectivity index (χ0) is 21.0. The molecule has 3 rings (SSSR count). The Morgan fingerprint density at radius 2 is 1.93 bits per heavy atom. The van der Waals surface area contributed by atoms with E-state index in [4.69, 9.17) is 9.15 Å². The SMILES string of the molecule is CN=C(NCc1cc(C(=O)OC)c(C)o1)N1CCN(c2cc(F)ccc2F)CC1.I. The Morgan fingerprint density at radius 1 is 1.23 bits per heavy atom. The van der Waals surface area contributed by atoms with Gasteiger partial charge in [-0.3, -0.25) is 4.99 Å². The molecule has 2 heterocycles. The van der Waals surface area contributed by atoms with Crippen molar-refractivity contribution in [2.75, 3.05) is 45.2 Å². The van der Waals surface area contributed by atoms with E-state index in [1.807, 2.05) is 9.80 Å². The van der Waals surface area contributed by atoms with Crippen LogP contribution in [0, 0.1) is 18.6 Å². The number of piperazine rings is 1. The molecule has 30 heavy (non-hydrogen) atoms. The summed E-state index contributed by atoms with van der Waals surface area (Å²) in [7, 11) is 3.00. The lowest BCUT2D eigenvalue weighted by molar-refractivity contribution is 0.0599. The first kappa shape index (κ1) is 23.9.